The monoisotopic (exact) mass is 396 g/mol. The smallest absolute Gasteiger partial charge is 0.350 e. The Morgan fingerprint density at radius 2 is 1.79 bits per heavy atom. The van der Waals surface area contributed by atoms with Gasteiger partial charge in [-0.05, 0) is 31.5 Å². The summed E-state index contributed by atoms with van der Waals surface area (Å²) < 4.78 is 15.9. The van der Waals surface area contributed by atoms with Crippen molar-refractivity contribution in [1.29, 1.82) is 0 Å². The molecular weight excluding hydrogens is 375 g/mol. The average Bonchev–Trinajstić information content (AvgIpc) is 2.71. The summed E-state index contributed by atoms with van der Waals surface area (Å²) in [6.45, 7) is 3.81. The van der Waals surface area contributed by atoms with Gasteiger partial charge in [0.15, 0.2) is 0 Å². The Balaban J connectivity index is 2.20. The van der Waals surface area contributed by atoms with Crippen LogP contribution in [0.5, 0.6) is 0 Å². The maximum Gasteiger partial charge on any atom is 0.352 e. The van der Waals surface area contributed by atoms with Crippen LogP contribution in [0.15, 0.2) is 58.1 Å². The number of hydrogen-bond acceptors (Lipinski definition) is 4. The summed E-state index contributed by atoms with van der Waals surface area (Å²) in [4.78, 5) is 38.3. The molecule has 1 aromatic heterocycles. The van der Waals surface area contributed by atoms with Gasteiger partial charge in [-0.2, -0.15) is 9.78 Å². The number of rotatable bonds is 6. The highest BCUT2D eigenvalue weighted by Crippen LogP contribution is 2.08. The zero-order valence-corrected chi connectivity index (χ0v) is 16.2. The maximum atomic E-state index is 14.1. The molecule has 0 aliphatic carbocycles. The third-order valence-electron chi connectivity index (χ3n) is 4.38. The summed E-state index contributed by atoms with van der Waals surface area (Å²) >= 11 is 0. The predicted octanol–water partition coefficient (Wildman–Crippen LogP) is 2.03. The van der Waals surface area contributed by atoms with E-state index in [1.54, 1.807) is 30.3 Å². The predicted molar refractivity (Wildman–Crippen MR) is 107 cm³/mol. The van der Waals surface area contributed by atoms with Crippen molar-refractivity contribution < 1.29 is 9.18 Å². The SMILES string of the molecule is CCCNC(=O)c1nn(-c2ccc(C)cc2)c(=O)n(Cc2ccccc2F)c1=O. The van der Waals surface area contributed by atoms with Crippen molar-refractivity contribution in [3.63, 3.8) is 0 Å². The number of aryl methyl sites for hydroxylation is 1. The number of carbonyl (C=O) groups is 1. The second kappa shape index (κ2) is 8.64. The van der Waals surface area contributed by atoms with Gasteiger partial charge in [-0.15, -0.1) is 0 Å². The highest BCUT2D eigenvalue weighted by molar-refractivity contribution is 5.91. The van der Waals surface area contributed by atoms with Crippen LogP contribution in [-0.2, 0) is 6.54 Å². The van der Waals surface area contributed by atoms with Crippen molar-refractivity contribution >= 4 is 5.91 Å². The van der Waals surface area contributed by atoms with E-state index in [1.165, 1.54) is 18.2 Å². The number of benzene rings is 2. The fourth-order valence-electron chi connectivity index (χ4n) is 2.77. The van der Waals surface area contributed by atoms with Crippen molar-refractivity contribution in [3.8, 4) is 5.69 Å². The van der Waals surface area contributed by atoms with E-state index in [2.05, 4.69) is 10.4 Å². The van der Waals surface area contributed by atoms with Gasteiger partial charge in [0.05, 0.1) is 12.2 Å². The summed E-state index contributed by atoms with van der Waals surface area (Å²) in [5.74, 6) is -1.23. The number of hydrogen-bond donors (Lipinski definition) is 1. The first-order valence-electron chi connectivity index (χ1n) is 9.25. The zero-order chi connectivity index (χ0) is 21.0. The lowest BCUT2D eigenvalue weighted by Crippen LogP contribution is -2.46. The Morgan fingerprint density at radius 1 is 1.10 bits per heavy atom. The number of carbonyl (C=O) groups excluding carboxylic acids is 1. The molecular formula is C21H21FN4O3. The molecule has 0 spiro atoms. The number of nitrogens with one attached hydrogen (secondary N) is 1. The van der Waals surface area contributed by atoms with Crippen molar-refractivity contribution in [2.45, 2.75) is 26.8 Å². The van der Waals surface area contributed by atoms with Crippen LogP contribution in [0.25, 0.3) is 5.69 Å². The van der Waals surface area contributed by atoms with E-state index < -0.39 is 28.7 Å². The normalized spacial score (nSPS) is 10.7. The quantitative estimate of drug-likeness (QED) is 0.691. The molecule has 2 aromatic carbocycles. The van der Waals surface area contributed by atoms with Crippen molar-refractivity contribution in [2.75, 3.05) is 6.54 Å². The van der Waals surface area contributed by atoms with Crippen LogP contribution < -0.4 is 16.6 Å². The van der Waals surface area contributed by atoms with Gasteiger partial charge in [0.2, 0.25) is 5.69 Å². The summed E-state index contributed by atoms with van der Waals surface area (Å²) in [7, 11) is 0. The molecule has 1 N–H and O–H groups in total. The van der Waals surface area contributed by atoms with Crippen LogP contribution >= 0.6 is 0 Å². The van der Waals surface area contributed by atoms with Gasteiger partial charge in [-0.1, -0.05) is 42.8 Å². The minimum absolute atomic E-state index is 0.160. The molecule has 1 heterocycles. The van der Waals surface area contributed by atoms with Crippen LogP contribution in [0, 0.1) is 12.7 Å². The average molecular weight is 396 g/mol. The molecule has 3 rings (SSSR count). The molecule has 0 aliphatic heterocycles. The molecule has 29 heavy (non-hydrogen) atoms. The standard InChI is InChI=1S/C21H21FN4O3/c1-3-12-23-19(27)18-20(28)25(13-15-6-4-5-7-17(15)22)21(29)26(24-18)16-10-8-14(2)9-11-16/h4-11H,3,12-13H2,1-2H3,(H,23,27). The number of aromatic nitrogens is 3. The van der Waals surface area contributed by atoms with Gasteiger partial charge in [0.1, 0.15) is 5.82 Å². The Kier molecular flexibility index (Phi) is 6.01. The molecule has 0 saturated carbocycles. The fourth-order valence-corrected chi connectivity index (χ4v) is 2.77. The summed E-state index contributed by atoms with van der Waals surface area (Å²) in [6.07, 6.45) is 0.673. The third-order valence-corrected chi connectivity index (χ3v) is 4.38. The first-order chi connectivity index (χ1) is 13.9. The third kappa shape index (κ3) is 4.31. The lowest BCUT2D eigenvalue weighted by molar-refractivity contribution is 0.0944. The van der Waals surface area contributed by atoms with Gasteiger partial charge in [0, 0.05) is 12.1 Å². The summed E-state index contributed by atoms with van der Waals surface area (Å²) in [5, 5.41) is 6.61. The fraction of sp³-hybridized carbons (Fsp3) is 0.238. The van der Waals surface area contributed by atoms with Crippen molar-refractivity contribution in [1.82, 2.24) is 19.7 Å². The second-order valence-corrected chi connectivity index (χ2v) is 6.62. The van der Waals surface area contributed by atoms with E-state index in [4.69, 9.17) is 0 Å². The first-order valence-corrected chi connectivity index (χ1v) is 9.25. The van der Waals surface area contributed by atoms with Gasteiger partial charge >= 0.3 is 5.69 Å². The van der Waals surface area contributed by atoms with E-state index >= 15 is 0 Å². The largest absolute Gasteiger partial charge is 0.352 e. The number of halogens is 1. The van der Waals surface area contributed by atoms with Crippen LogP contribution in [0.1, 0.15) is 35.0 Å². The van der Waals surface area contributed by atoms with Crippen LogP contribution in [-0.4, -0.2) is 26.8 Å². The molecule has 8 heteroatoms. The molecule has 0 bridgehead atoms. The van der Waals surface area contributed by atoms with Crippen LogP contribution in [0.3, 0.4) is 0 Å². The van der Waals surface area contributed by atoms with Crippen molar-refractivity contribution in [3.05, 3.63) is 92.0 Å². The van der Waals surface area contributed by atoms with E-state index in [0.717, 1.165) is 14.8 Å². The summed E-state index contributed by atoms with van der Waals surface area (Å²) in [6, 6.07) is 12.7. The number of nitrogens with zero attached hydrogens (tertiary/aromatic N) is 3. The lowest BCUT2D eigenvalue weighted by atomic mass is 10.2. The van der Waals surface area contributed by atoms with Crippen LogP contribution in [0.4, 0.5) is 4.39 Å². The highest BCUT2D eigenvalue weighted by Gasteiger charge is 2.20. The molecule has 0 fully saturated rings. The molecule has 1 amide bonds. The molecule has 0 saturated heterocycles. The Bertz CT molecular complexity index is 1150. The first kappa shape index (κ1) is 20.2. The molecule has 0 radical (unpaired) electrons. The van der Waals surface area contributed by atoms with Crippen LogP contribution in [0.2, 0.25) is 0 Å². The minimum Gasteiger partial charge on any atom is -0.350 e. The summed E-state index contributed by atoms with van der Waals surface area (Å²) in [5.41, 5.74) is -0.512. The Morgan fingerprint density at radius 3 is 2.45 bits per heavy atom. The Hall–Kier alpha value is -3.55. The van der Waals surface area contributed by atoms with E-state index in [9.17, 15) is 18.8 Å². The lowest BCUT2D eigenvalue weighted by Gasteiger charge is -2.12. The Labute approximate surface area is 166 Å². The molecule has 0 atom stereocenters. The van der Waals surface area contributed by atoms with Gasteiger partial charge in [-0.3, -0.25) is 14.2 Å². The van der Waals surface area contributed by atoms with E-state index in [1.807, 2.05) is 13.8 Å². The highest BCUT2D eigenvalue weighted by atomic mass is 19.1. The van der Waals surface area contributed by atoms with Gasteiger partial charge in [0.25, 0.3) is 11.5 Å². The molecule has 150 valence electrons. The van der Waals surface area contributed by atoms with Gasteiger partial charge in [-0.25, -0.2) is 9.18 Å². The van der Waals surface area contributed by atoms with Gasteiger partial charge < -0.3 is 5.32 Å². The molecule has 3 aromatic rings. The topological polar surface area (TPSA) is 86.0 Å². The van der Waals surface area contributed by atoms with E-state index in [0.29, 0.717) is 18.7 Å². The maximum absolute atomic E-state index is 14.1. The molecule has 7 nitrogen and oxygen atoms in total. The second-order valence-electron chi connectivity index (χ2n) is 6.62. The molecule has 0 aliphatic rings. The van der Waals surface area contributed by atoms with E-state index in [-0.39, 0.29) is 12.1 Å². The van der Waals surface area contributed by atoms with Crippen molar-refractivity contribution in [2.24, 2.45) is 0 Å². The number of amides is 1. The minimum atomic E-state index is -0.866. The zero-order valence-electron chi connectivity index (χ0n) is 16.2. The molecule has 0 unspecified atom stereocenters.